The number of fused-ring (bicyclic) bond motifs is 1. The van der Waals surface area contributed by atoms with Gasteiger partial charge in [-0.05, 0) is 24.3 Å². The fourth-order valence-corrected chi connectivity index (χ4v) is 3.25. The summed E-state index contributed by atoms with van der Waals surface area (Å²) in [6.45, 7) is 2.76. The molecule has 4 rings (SSSR count). The van der Waals surface area contributed by atoms with Crippen LogP contribution in [-0.4, -0.2) is 54.3 Å². The van der Waals surface area contributed by atoms with Gasteiger partial charge in [-0.25, -0.2) is 4.39 Å². The molecule has 23 heavy (non-hydrogen) atoms. The van der Waals surface area contributed by atoms with Gasteiger partial charge in [0.05, 0.1) is 30.8 Å². The van der Waals surface area contributed by atoms with Crippen molar-refractivity contribution in [3.05, 3.63) is 41.8 Å². The van der Waals surface area contributed by atoms with E-state index >= 15 is 0 Å². The van der Waals surface area contributed by atoms with Gasteiger partial charge in [-0.15, -0.1) is 0 Å². The molecule has 2 aliphatic rings. The number of benzene rings is 1. The number of pyridine rings is 1. The molecule has 2 fully saturated rings. The molecule has 1 aromatic heterocycles. The third-order valence-corrected chi connectivity index (χ3v) is 4.49. The van der Waals surface area contributed by atoms with Crippen LogP contribution in [0.4, 0.5) is 4.39 Å². The number of carbonyl (C=O) groups is 1. The van der Waals surface area contributed by atoms with Crippen LogP contribution in [0.1, 0.15) is 16.8 Å². The molecule has 1 unspecified atom stereocenters. The number of ether oxygens (including phenoxy) is 2. The molecule has 2 saturated heterocycles. The van der Waals surface area contributed by atoms with Crippen LogP contribution in [0.2, 0.25) is 0 Å². The maximum Gasteiger partial charge on any atom is 0.255 e. The Morgan fingerprint density at radius 1 is 1.30 bits per heavy atom. The summed E-state index contributed by atoms with van der Waals surface area (Å²) in [5, 5.41) is 0.628. The standard InChI is InChI=1S/C17H17FN2O3/c18-14-1-2-15-12(8-14)7-13(9-19-15)16(21)20-4-6-23-17(10-20)3-5-22-11-17/h1-2,7-9H,3-6,10-11H2. The maximum absolute atomic E-state index is 13.4. The van der Waals surface area contributed by atoms with Crippen molar-refractivity contribution in [2.45, 2.75) is 12.0 Å². The van der Waals surface area contributed by atoms with E-state index in [0.717, 1.165) is 6.42 Å². The molecular formula is C17H17FN2O3. The summed E-state index contributed by atoms with van der Waals surface area (Å²) < 4.78 is 24.6. The van der Waals surface area contributed by atoms with E-state index in [4.69, 9.17) is 9.47 Å². The summed E-state index contributed by atoms with van der Waals surface area (Å²) in [5.74, 6) is -0.435. The van der Waals surface area contributed by atoms with Gasteiger partial charge in [-0.3, -0.25) is 9.78 Å². The van der Waals surface area contributed by atoms with Crippen molar-refractivity contribution in [2.24, 2.45) is 0 Å². The predicted molar refractivity (Wildman–Crippen MR) is 81.7 cm³/mol. The smallest absolute Gasteiger partial charge is 0.255 e. The molecule has 1 aromatic carbocycles. The van der Waals surface area contributed by atoms with Crippen molar-refractivity contribution >= 4 is 16.8 Å². The minimum Gasteiger partial charge on any atom is -0.378 e. The molecule has 0 N–H and O–H groups in total. The Kier molecular flexibility index (Phi) is 3.50. The molecular weight excluding hydrogens is 299 g/mol. The summed E-state index contributed by atoms with van der Waals surface area (Å²) in [5.41, 5.74) is 0.772. The van der Waals surface area contributed by atoms with Gasteiger partial charge in [0.25, 0.3) is 5.91 Å². The largest absolute Gasteiger partial charge is 0.378 e. The van der Waals surface area contributed by atoms with Gasteiger partial charge >= 0.3 is 0 Å². The van der Waals surface area contributed by atoms with Crippen LogP contribution in [0.3, 0.4) is 0 Å². The number of halogens is 1. The molecule has 1 amide bonds. The van der Waals surface area contributed by atoms with E-state index in [2.05, 4.69) is 4.98 Å². The van der Waals surface area contributed by atoms with Crippen molar-refractivity contribution in [2.75, 3.05) is 32.9 Å². The minimum atomic E-state index is -0.371. The van der Waals surface area contributed by atoms with E-state index in [1.807, 2.05) is 0 Å². The lowest BCUT2D eigenvalue weighted by atomic mass is 10.00. The molecule has 1 spiro atoms. The molecule has 120 valence electrons. The number of hydrogen-bond acceptors (Lipinski definition) is 4. The Hall–Kier alpha value is -2.05. The summed E-state index contributed by atoms with van der Waals surface area (Å²) >= 11 is 0. The SMILES string of the molecule is O=C(c1cnc2ccc(F)cc2c1)N1CCOC2(CCOC2)C1. The van der Waals surface area contributed by atoms with Crippen molar-refractivity contribution < 1.29 is 18.7 Å². The number of nitrogens with zero attached hydrogens (tertiary/aromatic N) is 2. The number of carbonyl (C=O) groups excluding carboxylic acids is 1. The lowest BCUT2D eigenvalue weighted by Crippen LogP contribution is -2.54. The summed E-state index contributed by atoms with van der Waals surface area (Å²) in [6, 6.07) is 6.06. The molecule has 1 atom stereocenters. The molecule has 3 heterocycles. The van der Waals surface area contributed by atoms with E-state index in [-0.39, 0.29) is 17.3 Å². The molecule has 2 aromatic rings. The van der Waals surface area contributed by atoms with Crippen LogP contribution < -0.4 is 0 Å². The van der Waals surface area contributed by atoms with Crippen molar-refractivity contribution in [1.82, 2.24) is 9.88 Å². The van der Waals surface area contributed by atoms with E-state index in [1.54, 1.807) is 23.2 Å². The van der Waals surface area contributed by atoms with Crippen LogP contribution in [-0.2, 0) is 9.47 Å². The first-order valence-electron chi connectivity index (χ1n) is 7.72. The average molecular weight is 316 g/mol. The zero-order valence-electron chi connectivity index (χ0n) is 12.6. The second kappa shape index (κ2) is 5.54. The molecule has 6 heteroatoms. The second-order valence-corrected chi connectivity index (χ2v) is 6.12. The van der Waals surface area contributed by atoms with Crippen LogP contribution >= 0.6 is 0 Å². The van der Waals surface area contributed by atoms with Gasteiger partial charge in [0.15, 0.2) is 0 Å². The fraction of sp³-hybridized carbons (Fsp3) is 0.412. The van der Waals surface area contributed by atoms with Gasteiger partial charge in [0, 0.05) is 31.2 Å². The van der Waals surface area contributed by atoms with Gasteiger partial charge in [-0.2, -0.15) is 0 Å². The van der Waals surface area contributed by atoms with Gasteiger partial charge in [0.1, 0.15) is 11.4 Å². The molecule has 0 aliphatic carbocycles. The topological polar surface area (TPSA) is 51.7 Å². The fourth-order valence-electron chi connectivity index (χ4n) is 3.25. The zero-order valence-corrected chi connectivity index (χ0v) is 12.6. The third kappa shape index (κ3) is 2.68. The Labute approximate surface area is 133 Å². The average Bonchev–Trinajstić information content (AvgIpc) is 3.01. The summed E-state index contributed by atoms with van der Waals surface area (Å²) in [6.07, 6.45) is 2.35. The highest BCUT2D eigenvalue weighted by Gasteiger charge is 2.41. The van der Waals surface area contributed by atoms with Crippen LogP contribution in [0.25, 0.3) is 10.9 Å². The highest BCUT2D eigenvalue weighted by atomic mass is 19.1. The van der Waals surface area contributed by atoms with Crippen molar-refractivity contribution in [3.63, 3.8) is 0 Å². The minimum absolute atomic E-state index is 0.0989. The van der Waals surface area contributed by atoms with Crippen LogP contribution in [0.15, 0.2) is 30.5 Å². The monoisotopic (exact) mass is 316 g/mol. The first-order chi connectivity index (χ1) is 11.2. The lowest BCUT2D eigenvalue weighted by molar-refractivity contribution is -0.0995. The Balaban J connectivity index is 1.60. The van der Waals surface area contributed by atoms with Crippen molar-refractivity contribution in [1.29, 1.82) is 0 Å². The highest BCUT2D eigenvalue weighted by Crippen LogP contribution is 2.28. The van der Waals surface area contributed by atoms with Gasteiger partial charge in [0.2, 0.25) is 0 Å². The molecule has 5 nitrogen and oxygen atoms in total. The predicted octanol–water partition coefficient (Wildman–Crippen LogP) is 2.01. The number of hydrogen-bond donors (Lipinski definition) is 0. The Morgan fingerprint density at radius 2 is 2.22 bits per heavy atom. The van der Waals surface area contributed by atoms with Crippen molar-refractivity contribution in [3.8, 4) is 0 Å². The van der Waals surface area contributed by atoms with E-state index < -0.39 is 0 Å². The number of rotatable bonds is 1. The quantitative estimate of drug-likeness (QED) is 0.807. The van der Waals surface area contributed by atoms with E-state index in [9.17, 15) is 9.18 Å². The first-order valence-corrected chi connectivity index (χ1v) is 7.72. The van der Waals surface area contributed by atoms with E-state index in [1.165, 1.54) is 12.1 Å². The van der Waals surface area contributed by atoms with Gasteiger partial charge < -0.3 is 14.4 Å². The number of amides is 1. The Bertz CT molecular complexity index is 759. The van der Waals surface area contributed by atoms with Crippen LogP contribution in [0.5, 0.6) is 0 Å². The third-order valence-electron chi connectivity index (χ3n) is 4.49. The van der Waals surface area contributed by atoms with Crippen LogP contribution in [0, 0.1) is 5.82 Å². The number of aromatic nitrogens is 1. The normalized spacial score (nSPS) is 24.5. The summed E-state index contributed by atoms with van der Waals surface area (Å²) in [7, 11) is 0. The first kappa shape index (κ1) is 14.5. The molecule has 0 saturated carbocycles. The number of morpholine rings is 1. The lowest BCUT2D eigenvalue weighted by Gasteiger charge is -2.39. The maximum atomic E-state index is 13.4. The zero-order chi connectivity index (χ0) is 15.9. The highest BCUT2D eigenvalue weighted by molar-refractivity contribution is 5.97. The van der Waals surface area contributed by atoms with Gasteiger partial charge in [-0.1, -0.05) is 0 Å². The molecule has 0 radical (unpaired) electrons. The van der Waals surface area contributed by atoms with E-state index in [0.29, 0.717) is 49.4 Å². The summed E-state index contributed by atoms with van der Waals surface area (Å²) in [4.78, 5) is 18.8. The molecule has 0 bridgehead atoms. The Morgan fingerprint density at radius 3 is 3.04 bits per heavy atom. The molecule has 2 aliphatic heterocycles. The second-order valence-electron chi connectivity index (χ2n) is 6.12.